The molecule has 2 aliphatic heterocycles. The van der Waals surface area contributed by atoms with E-state index in [9.17, 15) is 4.79 Å². The highest BCUT2D eigenvalue weighted by molar-refractivity contribution is 6.30. The van der Waals surface area contributed by atoms with Gasteiger partial charge in [0.25, 0.3) is 0 Å². The summed E-state index contributed by atoms with van der Waals surface area (Å²) in [6.45, 7) is 7.67. The second kappa shape index (κ2) is 7.26. The summed E-state index contributed by atoms with van der Waals surface area (Å²) in [5.41, 5.74) is 2.81. The van der Waals surface area contributed by atoms with Gasteiger partial charge in [0.05, 0.1) is 11.8 Å². The molecule has 0 spiro atoms. The van der Waals surface area contributed by atoms with E-state index in [-0.39, 0.29) is 12.8 Å². The monoisotopic (exact) mass is 414 g/mol. The number of fused-ring (bicyclic) bond motifs is 2. The fourth-order valence-corrected chi connectivity index (χ4v) is 3.51. The van der Waals surface area contributed by atoms with Crippen LogP contribution in [0.4, 0.5) is 4.79 Å². The number of rotatable bonds is 1. The summed E-state index contributed by atoms with van der Waals surface area (Å²) in [6, 6.07) is 11.1. The highest BCUT2D eigenvalue weighted by atomic mass is 35.5. The van der Waals surface area contributed by atoms with E-state index in [0.717, 1.165) is 16.7 Å². The van der Waals surface area contributed by atoms with Gasteiger partial charge in [0.1, 0.15) is 5.60 Å². The molecule has 0 N–H and O–H groups in total. The average Bonchev–Trinajstić information content (AvgIpc) is 3.03. The Bertz CT molecular complexity index is 980. The third-order valence-corrected chi connectivity index (χ3v) is 4.94. The average molecular weight is 415 g/mol. The van der Waals surface area contributed by atoms with Gasteiger partial charge in [0.15, 0.2) is 11.5 Å². The molecule has 0 saturated heterocycles. The van der Waals surface area contributed by atoms with Crippen LogP contribution in [0.25, 0.3) is 0 Å². The minimum absolute atomic E-state index is 0.200. The lowest BCUT2D eigenvalue weighted by Gasteiger charge is -2.27. The molecule has 6 nitrogen and oxygen atoms in total. The number of hydrogen-bond acceptors (Lipinski definition) is 5. The summed E-state index contributed by atoms with van der Waals surface area (Å²) in [5, 5.41) is 6.79. The van der Waals surface area contributed by atoms with Gasteiger partial charge in [0.2, 0.25) is 6.79 Å². The fraction of sp³-hybridized carbons (Fsp3) is 0.364. The predicted molar refractivity (Wildman–Crippen MR) is 111 cm³/mol. The number of carbonyl (C=O) groups excluding carboxylic acids is 1. The Morgan fingerprint density at radius 2 is 1.83 bits per heavy atom. The normalized spacial score (nSPS) is 18.0. The smallest absolute Gasteiger partial charge is 0.431 e. The third kappa shape index (κ3) is 4.03. The van der Waals surface area contributed by atoms with Gasteiger partial charge in [-0.25, -0.2) is 4.79 Å². The first-order chi connectivity index (χ1) is 13.7. The zero-order chi connectivity index (χ0) is 20.8. The molecule has 2 heterocycles. The Balaban J connectivity index is 1.84. The van der Waals surface area contributed by atoms with E-state index in [4.69, 9.17) is 30.9 Å². The van der Waals surface area contributed by atoms with Crippen molar-refractivity contribution in [1.29, 1.82) is 0 Å². The van der Waals surface area contributed by atoms with Crippen molar-refractivity contribution < 1.29 is 19.0 Å². The largest absolute Gasteiger partial charge is 0.454 e. The standard InChI is InChI=1S/C22H23ClN2O4/c1-13-9-15-10-18-19(28-12-27-18)11-17(15)20(14-5-7-16(23)8-6-14)24-25(13)21(26)29-22(2,3)4/h5-8,10-11,13H,9,12H2,1-4H3. The van der Waals surface area contributed by atoms with Gasteiger partial charge < -0.3 is 14.2 Å². The van der Waals surface area contributed by atoms with Crippen molar-refractivity contribution in [3.8, 4) is 11.5 Å². The highest BCUT2D eigenvalue weighted by Crippen LogP contribution is 2.37. The molecule has 0 bridgehead atoms. The van der Waals surface area contributed by atoms with Gasteiger partial charge in [-0.3, -0.25) is 0 Å². The maximum absolute atomic E-state index is 12.9. The van der Waals surface area contributed by atoms with E-state index < -0.39 is 11.7 Å². The maximum atomic E-state index is 12.9. The van der Waals surface area contributed by atoms with Crippen LogP contribution in [0.5, 0.6) is 11.5 Å². The van der Waals surface area contributed by atoms with Crippen LogP contribution in [0.2, 0.25) is 5.02 Å². The molecular weight excluding hydrogens is 392 g/mol. The molecular formula is C22H23ClN2O4. The molecule has 2 aromatic rings. The summed E-state index contributed by atoms with van der Waals surface area (Å²) in [7, 11) is 0. The second-order valence-electron chi connectivity index (χ2n) is 8.20. The number of hydrazone groups is 1. The summed E-state index contributed by atoms with van der Waals surface area (Å²) < 4.78 is 16.7. The Morgan fingerprint density at radius 3 is 2.48 bits per heavy atom. The quantitative estimate of drug-likeness (QED) is 0.658. The number of amides is 1. The molecule has 2 aromatic carbocycles. The van der Waals surface area contributed by atoms with E-state index in [1.807, 2.05) is 52.0 Å². The van der Waals surface area contributed by atoms with E-state index in [2.05, 4.69) is 0 Å². The summed E-state index contributed by atoms with van der Waals surface area (Å²) in [5.74, 6) is 1.38. The second-order valence-corrected chi connectivity index (χ2v) is 8.63. The van der Waals surface area contributed by atoms with Gasteiger partial charge in [0, 0.05) is 16.1 Å². The molecule has 1 amide bonds. The van der Waals surface area contributed by atoms with Crippen LogP contribution >= 0.6 is 11.6 Å². The molecule has 2 aliphatic rings. The molecule has 1 atom stereocenters. The number of nitrogens with zero attached hydrogens (tertiary/aromatic N) is 2. The number of ether oxygens (including phenoxy) is 3. The Hall–Kier alpha value is -2.73. The van der Waals surface area contributed by atoms with Gasteiger partial charge in [-0.1, -0.05) is 23.7 Å². The minimum Gasteiger partial charge on any atom is -0.454 e. The summed E-state index contributed by atoms with van der Waals surface area (Å²) in [6.07, 6.45) is 0.121. The Morgan fingerprint density at radius 1 is 1.17 bits per heavy atom. The van der Waals surface area contributed by atoms with E-state index in [1.54, 1.807) is 12.1 Å². The Labute approximate surface area is 175 Å². The van der Waals surface area contributed by atoms with Crippen molar-refractivity contribution in [2.75, 3.05) is 6.79 Å². The van der Waals surface area contributed by atoms with Crippen LogP contribution in [0.1, 0.15) is 44.4 Å². The van der Waals surface area contributed by atoms with Crippen molar-refractivity contribution in [2.45, 2.75) is 45.8 Å². The van der Waals surface area contributed by atoms with Gasteiger partial charge in [-0.15, -0.1) is 0 Å². The van der Waals surface area contributed by atoms with E-state index in [1.165, 1.54) is 5.01 Å². The number of benzene rings is 2. The number of halogens is 1. The van der Waals surface area contributed by atoms with Crippen LogP contribution in [0, 0.1) is 0 Å². The molecule has 152 valence electrons. The predicted octanol–water partition coefficient (Wildman–Crippen LogP) is 5.00. The van der Waals surface area contributed by atoms with Crippen LogP contribution < -0.4 is 9.47 Å². The van der Waals surface area contributed by atoms with Crippen molar-refractivity contribution in [3.05, 3.63) is 58.1 Å². The molecule has 0 aliphatic carbocycles. The first kappa shape index (κ1) is 19.6. The summed E-state index contributed by atoms with van der Waals surface area (Å²) >= 11 is 6.07. The number of hydrogen-bond donors (Lipinski definition) is 0. The Kier molecular flexibility index (Phi) is 4.90. The van der Waals surface area contributed by atoms with Gasteiger partial charge >= 0.3 is 6.09 Å². The zero-order valence-corrected chi connectivity index (χ0v) is 17.6. The van der Waals surface area contributed by atoms with E-state index >= 15 is 0 Å². The third-order valence-electron chi connectivity index (χ3n) is 4.69. The van der Waals surface area contributed by atoms with Crippen LogP contribution in [0.15, 0.2) is 41.5 Å². The SMILES string of the molecule is CC1Cc2cc3c(cc2C(c2ccc(Cl)cc2)=NN1C(=O)OC(C)(C)C)OCO3. The van der Waals surface area contributed by atoms with Crippen molar-refractivity contribution >= 4 is 23.4 Å². The topological polar surface area (TPSA) is 60.4 Å². The van der Waals surface area contributed by atoms with Crippen molar-refractivity contribution in [3.63, 3.8) is 0 Å². The first-order valence-electron chi connectivity index (χ1n) is 9.51. The molecule has 0 aromatic heterocycles. The number of carbonyl (C=O) groups is 1. The first-order valence-corrected chi connectivity index (χ1v) is 9.89. The van der Waals surface area contributed by atoms with E-state index in [0.29, 0.717) is 28.7 Å². The lowest BCUT2D eigenvalue weighted by Crippen LogP contribution is -2.39. The fourth-order valence-electron chi connectivity index (χ4n) is 3.39. The van der Waals surface area contributed by atoms with Gasteiger partial charge in [-0.05, 0) is 63.9 Å². The van der Waals surface area contributed by atoms with Crippen LogP contribution in [-0.2, 0) is 11.2 Å². The van der Waals surface area contributed by atoms with Crippen molar-refractivity contribution in [2.24, 2.45) is 5.10 Å². The lowest BCUT2D eigenvalue weighted by atomic mass is 9.94. The van der Waals surface area contributed by atoms with Crippen LogP contribution in [0.3, 0.4) is 0 Å². The molecule has 7 heteroatoms. The maximum Gasteiger partial charge on any atom is 0.431 e. The lowest BCUT2D eigenvalue weighted by molar-refractivity contribution is 0.0184. The molecule has 1 unspecified atom stereocenters. The van der Waals surface area contributed by atoms with Crippen molar-refractivity contribution in [1.82, 2.24) is 5.01 Å². The molecule has 0 fully saturated rings. The summed E-state index contributed by atoms with van der Waals surface area (Å²) in [4.78, 5) is 12.9. The minimum atomic E-state index is -0.616. The molecule has 29 heavy (non-hydrogen) atoms. The molecule has 4 rings (SSSR count). The molecule has 0 saturated carbocycles. The zero-order valence-electron chi connectivity index (χ0n) is 16.9. The van der Waals surface area contributed by atoms with Crippen LogP contribution in [-0.4, -0.2) is 35.2 Å². The molecule has 0 radical (unpaired) electrons. The highest BCUT2D eigenvalue weighted by Gasteiger charge is 2.32. The van der Waals surface area contributed by atoms with Gasteiger partial charge in [-0.2, -0.15) is 10.1 Å².